The number of carbonyl (C=O) groups excluding carboxylic acids is 4. The Morgan fingerprint density at radius 1 is 1.29 bits per heavy atom. The fourth-order valence-electron chi connectivity index (χ4n) is 3.51. The van der Waals surface area contributed by atoms with E-state index in [1.165, 1.54) is 0 Å². The van der Waals surface area contributed by atoms with Crippen molar-refractivity contribution in [1.82, 2.24) is 15.5 Å². The molecular weight excluding hydrogens is 382 g/mol. The Morgan fingerprint density at radius 3 is 2.68 bits per heavy atom. The van der Waals surface area contributed by atoms with Crippen LogP contribution in [-0.2, 0) is 24.0 Å². The normalized spacial score (nSPS) is 23.5. The van der Waals surface area contributed by atoms with Crippen molar-refractivity contribution in [2.24, 2.45) is 0 Å². The molecule has 0 bridgehead atoms. The molecule has 1 aromatic rings. The number of benzene rings is 1. The lowest BCUT2D eigenvalue weighted by atomic mass is 10.0. The zero-order valence-corrected chi connectivity index (χ0v) is 16.6. The van der Waals surface area contributed by atoms with E-state index >= 15 is 0 Å². The third-order valence-corrected chi connectivity index (χ3v) is 6.24. The minimum atomic E-state index is -0.752. The molecule has 1 aromatic carbocycles. The fraction of sp³-hybridized carbons (Fsp3) is 0.474. The van der Waals surface area contributed by atoms with Crippen LogP contribution in [0.5, 0.6) is 0 Å². The highest BCUT2D eigenvalue weighted by Crippen LogP contribution is 2.54. The molecule has 150 valence electrons. The van der Waals surface area contributed by atoms with E-state index < -0.39 is 35.4 Å². The first-order chi connectivity index (χ1) is 13.3. The average molecular weight is 405 g/mol. The Labute approximate surface area is 167 Å². The first-order valence-corrected chi connectivity index (χ1v) is 10.1. The Hall–Kier alpha value is -2.55. The molecule has 0 aromatic heterocycles. The number of fused-ring (bicyclic) bond motifs is 1. The molecule has 0 aliphatic carbocycles. The Morgan fingerprint density at radius 2 is 2.00 bits per heavy atom. The number of amides is 4. The van der Waals surface area contributed by atoms with Gasteiger partial charge in [-0.2, -0.15) is 0 Å². The van der Waals surface area contributed by atoms with Crippen LogP contribution in [0.2, 0.25) is 0 Å². The number of imide groups is 1. The molecule has 2 aliphatic rings. The number of hydrogen-bond acceptors (Lipinski definition) is 6. The van der Waals surface area contributed by atoms with Crippen molar-refractivity contribution in [2.75, 3.05) is 12.4 Å². The van der Waals surface area contributed by atoms with Gasteiger partial charge in [-0.15, -0.1) is 11.8 Å². The molecule has 2 aliphatic heterocycles. The highest BCUT2D eigenvalue weighted by molar-refractivity contribution is 8.00. The van der Waals surface area contributed by atoms with Gasteiger partial charge in [-0.25, -0.2) is 9.59 Å². The van der Waals surface area contributed by atoms with Crippen LogP contribution in [0.1, 0.15) is 32.3 Å². The highest BCUT2D eigenvalue weighted by atomic mass is 32.2. The van der Waals surface area contributed by atoms with Crippen molar-refractivity contribution in [2.45, 2.75) is 43.6 Å². The number of ether oxygens (including phenoxy) is 1. The zero-order chi connectivity index (χ0) is 20.3. The summed E-state index contributed by atoms with van der Waals surface area (Å²) in [6.07, 6.45) is 0.988. The van der Waals surface area contributed by atoms with Crippen LogP contribution >= 0.6 is 11.8 Å². The molecule has 4 amide bonds. The van der Waals surface area contributed by atoms with Gasteiger partial charge in [0, 0.05) is 18.2 Å². The maximum absolute atomic E-state index is 12.6. The van der Waals surface area contributed by atoms with Crippen molar-refractivity contribution >= 4 is 35.6 Å². The lowest BCUT2D eigenvalue weighted by Crippen LogP contribution is -2.48. The van der Waals surface area contributed by atoms with E-state index in [-0.39, 0.29) is 11.9 Å². The lowest BCUT2D eigenvalue weighted by molar-refractivity contribution is -0.156. The molecule has 2 saturated heterocycles. The van der Waals surface area contributed by atoms with Crippen molar-refractivity contribution in [3.63, 3.8) is 0 Å². The smallest absolute Gasteiger partial charge is 0.330 e. The summed E-state index contributed by atoms with van der Waals surface area (Å²) >= 11 is 1.55. The third kappa shape index (κ3) is 3.99. The van der Waals surface area contributed by atoms with Crippen molar-refractivity contribution in [3.05, 3.63) is 35.9 Å². The molecule has 0 saturated carbocycles. The second kappa shape index (κ2) is 8.22. The van der Waals surface area contributed by atoms with Crippen molar-refractivity contribution in [1.29, 1.82) is 0 Å². The minimum Gasteiger partial charge on any atom is -0.454 e. The van der Waals surface area contributed by atoms with Gasteiger partial charge in [0.1, 0.15) is 10.9 Å². The predicted octanol–water partition coefficient (Wildman–Crippen LogP) is 1.35. The van der Waals surface area contributed by atoms with Gasteiger partial charge in [0.15, 0.2) is 6.61 Å². The molecule has 2 heterocycles. The van der Waals surface area contributed by atoms with Gasteiger partial charge in [0.25, 0.3) is 5.91 Å². The number of hydrogen-bond donors (Lipinski definition) is 2. The molecular formula is C19H23N3O5S. The molecule has 3 rings (SSSR count). The summed E-state index contributed by atoms with van der Waals surface area (Å²) in [4.78, 5) is 49.4. The number of thioether (sulfide) groups is 1. The van der Waals surface area contributed by atoms with Crippen LogP contribution in [0.25, 0.3) is 0 Å². The topological polar surface area (TPSA) is 105 Å². The van der Waals surface area contributed by atoms with E-state index in [1.54, 1.807) is 30.5 Å². The third-order valence-electron chi connectivity index (χ3n) is 4.64. The molecule has 0 unspecified atom stereocenters. The molecule has 0 radical (unpaired) electrons. The maximum atomic E-state index is 12.6. The van der Waals surface area contributed by atoms with Gasteiger partial charge >= 0.3 is 12.0 Å². The molecule has 0 spiro atoms. The number of nitrogens with one attached hydrogen (secondary N) is 2. The molecule has 9 heteroatoms. The molecule has 2 N–H and O–H groups in total. The van der Waals surface area contributed by atoms with Crippen molar-refractivity contribution < 1.29 is 23.9 Å². The SMILES string of the molecule is CC(C)NC(=O)NC(=O)COC(=O)[C@@H]1CS[C@]2(c3ccccc3)CCC(=O)N12. The van der Waals surface area contributed by atoms with Gasteiger partial charge in [0.05, 0.1) is 0 Å². The van der Waals surface area contributed by atoms with E-state index in [4.69, 9.17) is 4.74 Å². The van der Waals surface area contributed by atoms with Crippen LogP contribution in [-0.4, -0.2) is 53.2 Å². The highest BCUT2D eigenvalue weighted by Gasteiger charge is 2.57. The van der Waals surface area contributed by atoms with Gasteiger partial charge in [-0.05, 0) is 25.8 Å². The van der Waals surface area contributed by atoms with Crippen LogP contribution < -0.4 is 10.6 Å². The Bertz CT molecular complexity index is 785. The van der Waals surface area contributed by atoms with Gasteiger partial charge in [-0.3, -0.25) is 14.9 Å². The fourth-order valence-corrected chi connectivity index (χ4v) is 5.15. The average Bonchev–Trinajstić information content (AvgIpc) is 3.19. The van der Waals surface area contributed by atoms with E-state index in [2.05, 4.69) is 10.6 Å². The van der Waals surface area contributed by atoms with Gasteiger partial charge < -0.3 is 15.0 Å². The summed E-state index contributed by atoms with van der Waals surface area (Å²) in [6.45, 7) is 2.94. The Balaban J connectivity index is 1.63. The van der Waals surface area contributed by atoms with E-state index in [9.17, 15) is 19.2 Å². The standard InChI is InChI=1S/C19H23N3O5S/c1-12(2)20-18(26)21-15(23)10-27-17(25)14-11-28-19(9-8-16(24)22(14)19)13-6-4-3-5-7-13/h3-7,12,14H,8-11H2,1-2H3,(H2,20,21,23,26)/t14-,19-/m0/s1. The first kappa shape index (κ1) is 20.2. The molecule has 28 heavy (non-hydrogen) atoms. The Kier molecular flexibility index (Phi) is 5.93. The summed E-state index contributed by atoms with van der Waals surface area (Å²) in [7, 11) is 0. The van der Waals surface area contributed by atoms with Crippen LogP contribution in [0.15, 0.2) is 30.3 Å². The maximum Gasteiger partial charge on any atom is 0.330 e. The first-order valence-electron chi connectivity index (χ1n) is 9.12. The van der Waals surface area contributed by atoms with Gasteiger partial charge in [0.2, 0.25) is 5.91 Å². The van der Waals surface area contributed by atoms with E-state index in [0.29, 0.717) is 18.6 Å². The number of nitrogens with zero attached hydrogens (tertiary/aromatic N) is 1. The number of urea groups is 1. The summed E-state index contributed by atoms with van der Waals surface area (Å²) in [5, 5.41) is 4.60. The number of esters is 1. The summed E-state index contributed by atoms with van der Waals surface area (Å²) in [6, 6.07) is 8.09. The lowest BCUT2D eigenvalue weighted by Gasteiger charge is -2.33. The van der Waals surface area contributed by atoms with Gasteiger partial charge in [-0.1, -0.05) is 30.3 Å². The van der Waals surface area contributed by atoms with Crippen LogP contribution in [0.3, 0.4) is 0 Å². The van der Waals surface area contributed by atoms with E-state index in [0.717, 1.165) is 5.56 Å². The summed E-state index contributed by atoms with van der Waals surface area (Å²) < 4.78 is 5.09. The van der Waals surface area contributed by atoms with E-state index in [1.807, 2.05) is 30.3 Å². The number of rotatable bonds is 5. The molecule has 2 atom stereocenters. The zero-order valence-electron chi connectivity index (χ0n) is 15.8. The molecule has 2 fully saturated rings. The summed E-state index contributed by atoms with van der Waals surface area (Å²) in [5.74, 6) is -1.06. The second-order valence-electron chi connectivity index (χ2n) is 7.02. The monoisotopic (exact) mass is 405 g/mol. The summed E-state index contributed by atoms with van der Waals surface area (Å²) in [5.41, 5.74) is 0.976. The second-order valence-corrected chi connectivity index (χ2v) is 8.32. The van der Waals surface area contributed by atoms with Crippen LogP contribution in [0.4, 0.5) is 4.79 Å². The number of carbonyl (C=O) groups is 4. The minimum absolute atomic E-state index is 0.100. The molecule has 8 nitrogen and oxygen atoms in total. The van der Waals surface area contributed by atoms with Crippen molar-refractivity contribution in [3.8, 4) is 0 Å². The van der Waals surface area contributed by atoms with Crippen LogP contribution in [0, 0.1) is 0 Å². The quantitative estimate of drug-likeness (QED) is 0.717. The largest absolute Gasteiger partial charge is 0.454 e. The predicted molar refractivity (Wildman–Crippen MR) is 103 cm³/mol.